The van der Waals surface area contributed by atoms with Crippen LogP contribution in [0, 0.1) is 13.8 Å². The molecule has 0 fully saturated rings. The minimum Gasteiger partial charge on any atom is -0.351 e. The highest BCUT2D eigenvalue weighted by Gasteiger charge is 2.54. The molecule has 10 heteroatoms. The second-order valence-electron chi connectivity index (χ2n) is 10.2. The molecular formula is C32H39N5O5. The maximum absolute atomic E-state index is 14.4. The van der Waals surface area contributed by atoms with E-state index in [0.29, 0.717) is 35.8 Å². The number of fused-ring (bicyclic) bond motifs is 1. The van der Waals surface area contributed by atoms with Crippen molar-refractivity contribution in [2.45, 2.75) is 52.5 Å². The molecule has 3 aromatic rings. The highest BCUT2D eigenvalue weighted by atomic mass is 16.7. The quantitative estimate of drug-likeness (QED) is 0.210. The van der Waals surface area contributed by atoms with Crippen molar-refractivity contribution in [1.29, 1.82) is 0 Å². The van der Waals surface area contributed by atoms with Crippen LogP contribution in [0.15, 0.2) is 72.8 Å². The summed E-state index contributed by atoms with van der Waals surface area (Å²) in [5, 5.41) is 11.1. The first-order valence-corrected chi connectivity index (χ1v) is 14.2. The van der Waals surface area contributed by atoms with Gasteiger partial charge in [0.25, 0.3) is 5.91 Å². The Morgan fingerprint density at radius 3 is 1.71 bits per heavy atom. The van der Waals surface area contributed by atoms with Crippen LogP contribution in [0.1, 0.15) is 43.4 Å². The molecule has 222 valence electrons. The molecule has 4 rings (SSSR count). The van der Waals surface area contributed by atoms with E-state index in [9.17, 15) is 14.4 Å². The fourth-order valence-corrected chi connectivity index (χ4v) is 4.65. The Hall–Kier alpha value is -4.41. The van der Waals surface area contributed by atoms with E-state index in [0.717, 1.165) is 24.0 Å². The van der Waals surface area contributed by atoms with Crippen LogP contribution in [0.2, 0.25) is 0 Å². The summed E-state index contributed by atoms with van der Waals surface area (Å²) in [4.78, 5) is 42.6. The van der Waals surface area contributed by atoms with Gasteiger partial charge >= 0.3 is 12.1 Å². The SMILES string of the molecule is CCCOC(CN1C(=O)C(NC(=O)Nc2ccc(C)cc2)(NC(=O)Nc2ccc(C)cc2)c2ccccc21)OCCC. The van der Waals surface area contributed by atoms with E-state index in [2.05, 4.69) is 21.3 Å². The molecule has 0 atom stereocenters. The number of anilines is 3. The average Bonchev–Trinajstić information content (AvgIpc) is 3.19. The predicted octanol–water partition coefficient (Wildman–Crippen LogP) is 5.63. The molecule has 3 aromatic carbocycles. The number of urea groups is 2. The number of nitrogens with zero attached hydrogens (tertiary/aromatic N) is 1. The summed E-state index contributed by atoms with van der Waals surface area (Å²) in [5.41, 5.74) is 2.17. The molecule has 0 unspecified atom stereocenters. The summed E-state index contributed by atoms with van der Waals surface area (Å²) in [6.45, 7) is 8.85. The third kappa shape index (κ3) is 7.26. The molecule has 0 spiro atoms. The second-order valence-corrected chi connectivity index (χ2v) is 10.2. The Kier molecular flexibility index (Phi) is 10.2. The van der Waals surface area contributed by atoms with Gasteiger partial charge in [0.05, 0.1) is 12.2 Å². The van der Waals surface area contributed by atoms with Crippen molar-refractivity contribution < 1.29 is 23.9 Å². The van der Waals surface area contributed by atoms with Crippen molar-refractivity contribution in [3.8, 4) is 0 Å². The van der Waals surface area contributed by atoms with E-state index in [4.69, 9.17) is 9.47 Å². The lowest BCUT2D eigenvalue weighted by molar-refractivity contribution is -0.142. The van der Waals surface area contributed by atoms with Crippen molar-refractivity contribution in [3.05, 3.63) is 89.5 Å². The number of hydrogen-bond acceptors (Lipinski definition) is 5. The number of amides is 5. The zero-order valence-electron chi connectivity index (χ0n) is 24.5. The van der Waals surface area contributed by atoms with Gasteiger partial charge < -0.3 is 35.6 Å². The van der Waals surface area contributed by atoms with E-state index < -0.39 is 29.9 Å². The Labute approximate surface area is 246 Å². The zero-order valence-corrected chi connectivity index (χ0v) is 24.5. The highest BCUT2D eigenvalue weighted by Crippen LogP contribution is 2.39. The lowest BCUT2D eigenvalue weighted by Crippen LogP contribution is -2.65. The molecular weight excluding hydrogens is 534 g/mol. The average molecular weight is 574 g/mol. The Bertz CT molecular complexity index is 1310. The number of hydrogen-bond donors (Lipinski definition) is 4. The molecule has 1 heterocycles. The van der Waals surface area contributed by atoms with Crippen molar-refractivity contribution in [2.24, 2.45) is 0 Å². The van der Waals surface area contributed by atoms with Gasteiger partial charge in [0.2, 0.25) is 5.66 Å². The van der Waals surface area contributed by atoms with Gasteiger partial charge in [0.15, 0.2) is 6.29 Å². The third-order valence-corrected chi connectivity index (χ3v) is 6.73. The summed E-state index contributed by atoms with van der Waals surface area (Å²) in [6, 6.07) is 20.2. The van der Waals surface area contributed by atoms with Crippen molar-refractivity contribution in [1.82, 2.24) is 10.6 Å². The molecule has 4 N–H and O–H groups in total. The number of ether oxygens (including phenoxy) is 2. The summed E-state index contributed by atoms with van der Waals surface area (Å²) < 4.78 is 11.8. The normalized spacial score (nSPS) is 13.5. The van der Waals surface area contributed by atoms with Crippen molar-refractivity contribution >= 4 is 35.0 Å². The van der Waals surface area contributed by atoms with E-state index in [-0.39, 0.29) is 6.54 Å². The number of rotatable bonds is 12. The molecule has 0 aromatic heterocycles. The standard InChI is InChI=1S/C32H39N5O5/c1-5-19-41-28(42-20-6-2)21-37-27-10-8-7-9-26(27)32(29(37)38,35-30(39)33-24-15-11-22(3)12-16-24)36-31(40)34-25-17-13-23(4)14-18-25/h7-18,28H,5-6,19-21H2,1-4H3,(H2,33,35,39)(H2,34,36,40). The van der Waals surface area contributed by atoms with E-state index in [1.54, 1.807) is 48.5 Å². The van der Waals surface area contributed by atoms with Crippen molar-refractivity contribution in [3.63, 3.8) is 0 Å². The van der Waals surface area contributed by atoms with Gasteiger partial charge in [0, 0.05) is 30.2 Å². The molecule has 0 saturated carbocycles. The number of aryl methyl sites for hydroxylation is 2. The Morgan fingerprint density at radius 1 is 0.762 bits per heavy atom. The fourth-order valence-electron chi connectivity index (χ4n) is 4.65. The van der Waals surface area contributed by atoms with Gasteiger partial charge in [-0.1, -0.05) is 67.4 Å². The number of carbonyl (C=O) groups is 3. The first-order chi connectivity index (χ1) is 20.3. The van der Waals surface area contributed by atoms with Crippen LogP contribution in [0.3, 0.4) is 0 Å². The topological polar surface area (TPSA) is 121 Å². The van der Waals surface area contributed by atoms with Gasteiger partial charge in [-0.3, -0.25) is 4.79 Å². The molecule has 0 aliphatic carbocycles. The molecule has 42 heavy (non-hydrogen) atoms. The van der Waals surface area contributed by atoms with Crippen LogP contribution in [0.4, 0.5) is 26.7 Å². The lowest BCUT2D eigenvalue weighted by atomic mass is 10.0. The highest BCUT2D eigenvalue weighted by molar-refractivity contribution is 6.12. The first kappa shape index (κ1) is 30.5. The molecule has 1 aliphatic heterocycles. The maximum atomic E-state index is 14.4. The van der Waals surface area contributed by atoms with Gasteiger partial charge in [-0.15, -0.1) is 0 Å². The van der Waals surface area contributed by atoms with Crippen LogP contribution < -0.4 is 26.2 Å². The van der Waals surface area contributed by atoms with Crippen LogP contribution in [-0.4, -0.2) is 44.0 Å². The van der Waals surface area contributed by atoms with Gasteiger partial charge in [-0.25, -0.2) is 9.59 Å². The van der Waals surface area contributed by atoms with Gasteiger partial charge in [-0.2, -0.15) is 0 Å². The molecule has 10 nitrogen and oxygen atoms in total. The summed E-state index contributed by atoms with van der Waals surface area (Å²) in [7, 11) is 0. The second kappa shape index (κ2) is 14.0. The predicted molar refractivity (Wildman–Crippen MR) is 163 cm³/mol. The van der Waals surface area contributed by atoms with Crippen molar-refractivity contribution in [2.75, 3.05) is 35.3 Å². The zero-order chi connectivity index (χ0) is 30.1. The van der Waals surface area contributed by atoms with Gasteiger partial charge in [-0.05, 0) is 57.0 Å². The van der Waals surface area contributed by atoms with Crippen LogP contribution in [0.5, 0.6) is 0 Å². The van der Waals surface area contributed by atoms with E-state index in [1.165, 1.54) is 4.90 Å². The van der Waals surface area contributed by atoms with Crippen LogP contribution >= 0.6 is 0 Å². The minimum absolute atomic E-state index is 0.0696. The first-order valence-electron chi connectivity index (χ1n) is 14.2. The molecule has 0 bridgehead atoms. The van der Waals surface area contributed by atoms with E-state index >= 15 is 0 Å². The number of carbonyl (C=O) groups excluding carboxylic acids is 3. The Morgan fingerprint density at radius 2 is 1.24 bits per heavy atom. The molecule has 5 amide bonds. The van der Waals surface area contributed by atoms with E-state index in [1.807, 2.05) is 52.0 Å². The fraction of sp³-hybridized carbons (Fsp3) is 0.344. The lowest BCUT2D eigenvalue weighted by Gasteiger charge is -2.31. The molecule has 0 radical (unpaired) electrons. The Balaban J connectivity index is 1.68. The van der Waals surface area contributed by atoms with Gasteiger partial charge in [0.1, 0.15) is 0 Å². The number of para-hydroxylation sites is 1. The monoisotopic (exact) mass is 573 g/mol. The summed E-state index contributed by atoms with van der Waals surface area (Å²) in [5.74, 6) is -0.549. The third-order valence-electron chi connectivity index (χ3n) is 6.73. The largest absolute Gasteiger partial charge is 0.351 e. The molecule has 1 aliphatic rings. The number of benzene rings is 3. The summed E-state index contributed by atoms with van der Waals surface area (Å²) >= 11 is 0. The molecule has 0 saturated heterocycles. The van der Waals surface area contributed by atoms with Crippen LogP contribution in [0.25, 0.3) is 0 Å². The smallest absolute Gasteiger partial charge is 0.321 e. The minimum atomic E-state index is -1.92. The van der Waals surface area contributed by atoms with Crippen LogP contribution in [-0.2, 0) is 19.9 Å². The number of nitrogens with one attached hydrogen (secondary N) is 4. The maximum Gasteiger partial charge on any atom is 0.321 e. The summed E-state index contributed by atoms with van der Waals surface area (Å²) in [6.07, 6.45) is 0.865.